The van der Waals surface area contributed by atoms with Gasteiger partial charge in [0.15, 0.2) is 0 Å². The van der Waals surface area contributed by atoms with Crippen LogP contribution in [0.25, 0.3) is 0 Å². The second-order valence-corrected chi connectivity index (χ2v) is 6.19. The molecular formula is C20H24N2O3. The number of rotatable bonds is 7. The van der Waals surface area contributed by atoms with Gasteiger partial charge in [-0.1, -0.05) is 42.5 Å². The molecule has 0 aliphatic heterocycles. The third-order valence-electron chi connectivity index (χ3n) is 3.81. The van der Waals surface area contributed by atoms with Gasteiger partial charge >= 0.3 is 0 Å². The van der Waals surface area contributed by atoms with E-state index in [1.54, 1.807) is 12.1 Å². The van der Waals surface area contributed by atoms with Crippen LogP contribution in [0.3, 0.4) is 0 Å². The lowest BCUT2D eigenvalue weighted by atomic mass is 10.0. The number of hydrogen-bond acceptors (Lipinski definition) is 3. The Hall–Kier alpha value is -2.66. The van der Waals surface area contributed by atoms with Crippen LogP contribution < -0.4 is 10.6 Å². The molecule has 2 unspecified atom stereocenters. The molecule has 0 bridgehead atoms. The molecule has 2 amide bonds. The second kappa shape index (κ2) is 8.99. The summed E-state index contributed by atoms with van der Waals surface area (Å²) >= 11 is 0. The lowest BCUT2D eigenvalue weighted by Crippen LogP contribution is -2.34. The van der Waals surface area contributed by atoms with E-state index in [4.69, 9.17) is 0 Å². The van der Waals surface area contributed by atoms with Gasteiger partial charge in [0.25, 0.3) is 0 Å². The molecule has 2 aromatic carbocycles. The van der Waals surface area contributed by atoms with Crippen LogP contribution in [0.5, 0.6) is 0 Å². The maximum absolute atomic E-state index is 12.1. The molecule has 0 aromatic heterocycles. The van der Waals surface area contributed by atoms with Gasteiger partial charge in [-0.15, -0.1) is 0 Å². The summed E-state index contributed by atoms with van der Waals surface area (Å²) in [6, 6.07) is 16.4. The van der Waals surface area contributed by atoms with Crippen molar-refractivity contribution in [1.29, 1.82) is 0 Å². The van der Waals surface area contributed by atoms with Crippen molar-refractivity contribution >= 4 is 17.5 Å². The van der Waals surface area contributed by atoms with Crippen LogP contribution in [0.4, 0.5) is 5.69 Å². The van der Waals surface area contributed by atoms with Gasteiger partial charge in [-0.05, 0) is 36.6 Å². The highest BCUT2D eigenvalue weighted by atomic mass is 16.3. The highest BCUT2D eigenvalue weighted by Gasteiger charge is 2.14. The Morgan fingerprint density at radius 1 is 1.04 bits per heavy atom. The molecule has 0 heterocycles. The largest absolute Gasteiger partial charge is 0.388 e. The molecule has 132 valence electrons. The van der Waals surface area contributed by atoms with E-state index in [0.717, 1.165) is 11.1 Å². The molecule has 0 aliphatic carbocycles. The molecule has 0 aliphatic rings. The number of amides is 2. The lowest BCUT2D eigenvalue weighted by Gasteiger charge is -2.18. The van der Waals surface area contributed by atoms with Crippen molar-refractivity contribution in [3.8, 4) is 0 Å². The SMILES string of the molecule is CC(=O)Nc1ccc(CC(=O)NC(C)CC(O)c2ccccc2)cc1. The maximum atomic E-state index is 12.1. The minimum absolute atomic E-state index is 0.0972. The van der Waals surface area contributed by atoms with Gasteiger partial charge in [0, 0.05) is 18.7 Å². The van der Waals surface area contributed by atoms with Gasteiger partial charge in [-0.3, -0.25) is 9.59 Å². The first-order valence-corrected chi connectivity index (χ1v) is 8.33. The average Bonchev–Trinajstić information content (AvgIpc) is 2.56. The van der Waals surface area contributed by atoms with Gasteiger partial charge in [0.2, 0.25) is 11.8 Å². The molecule has 3 N–H and O–H groups in total. The van der Waals surface area contributed by atoms with Crippen molar-refractivity contribution in [1.82, 2.24) is 5.32 Å². The summed E-state index contributed by atoms with van der Waals surface area (Å²) in [4.78, 5) is 23.1. The molecule has 2 rings (SSSR count). The molecular weight excluding hydrogens is 316 g/mol. The number of benzene rings is 2. The van der Waals surface area contributed by atoms with Gasteiger partial charge in [0.1, 0.15) is 0 Å². The zero-order valence-corrected chi connectivity index (χ0v) is 14.5. The summed E-state index contributed by atoms with van der Waals surface area (Å²) in [6.45, 7) is 3.33. The molecule has 0 saturated carbocycles. The monoisotopic (exact) mass is 340 g/mol. The van der Waals surface area contributed by atoms with Crippen LogP contribution in [0, 0.1) is 0 Å². The standard InChI is InChI=1S/C20H24N2O3/c1-14(12-19(24)17-6-4-3-5-7-17)21-20(25)13-16-8-10-18(11-9-16)22-15(2)23/h3-11,14,19,24H,12-13H2,1-2H3,(H,21,25)(H,22,23). The Kier molecular flexibility index (Phi) is 6.71. The van der Waals surface area contributed by atoms with Crippen LogP contribution in [-0.4, -0.2) is 23.0 Å². The van der Waals surface area contributed by atoms with E-state index in [1.807, 2.05) is 49.4 Å². The molecule has 2 aromatic rings. The first kappa shape index (κ1) is 18.7. The van der Waals surface area contributed by atoms with Crippen LogP contribution in [-0.2, 0) is 16.0 Å². The molecule has 0 fully saturated rings. The molecule has 5 nitrogen and oxygen atoms in total. The highest BCUT2D eigenvalue weighted by molar-refractivity contribution is 5.88. The number of hydrogen-bond donors (Lipinski definition) is 3. The Bertz CT molecular complexity index is 699. The minimum atomic E-state index is -0.603. The van der Waals surface area contributed by atoms with Crippen LogP contribution in [0.1, 0.15) is 37.5 Å². The summed E-state index contributed by atoms with van der Waals surface area (Å²) in [5.74, 6) is -0.226. The van der Waals surface area contributed by atoms with Crippen molar-refractivity contribution in [3.05, 3.63) is 65.7 Å². The Labute approximate surface area is 148 Å². The van der Waals surface area contributed by atoms with Crippen molar-refractivity contribution < 1.29 is 14.7 Å². The molecule has 0 saturated heterocycles. The number of aliphatic hydroxyl groups is 1. The fourth-order valence-electron chi connectivity index (χ4n) is 2.63. The van der Waals surface area contributed by atoms with E-state index in [9.17, 15) is 14.7 Å². The van der Waals surface area contributed by atoms with E-state index < -0.39 is 6.10 Å². The molecule has 25 heavy (non-hydrogen) atoms. The van der Waals surface area contributed by atoms with Crippen LogP contribution in [0.2, 0.25) is 0 Å². The van der Waals surface area contributed by atoms with E-state index in [1.165, 1.54) is 6.92 Å². The summed E-state index contributed by atoms with van der Waals surface area (Å²) in [7, 11) is 0. The van der Waals surface area contributed by atoms with Gasteiger partial charge in [-0.2, -0.15) is 0 Å². The zero-order valence-electron chi connectivity index (χ0n) is 14.5. The predicted molar refractivity (Wildman–Crippen MR) is 98.1 cm³/mol. The fraction of sp³-hybridized carbons (Fsp3) is 0.300. The molecule has 2 atom stereocenters. The Morgan fingerprint density at radius 2 is 1.68 bits per heavy atom. The van der Waals surface area contributed by atoms with Crippen LogP contribution >= 0.6 is 0 Å². The van der Waals surface area contributed by atoms with Gasteiger partial charge in [-0.25, -0.2) is 0 Å². The third-order valence-corrected chi connectivity index (χ3v) is 3.81. The lowest BCUT2D eigenvalue weighted by molar-refractivity contribution is -0.121. The minimum Gasteiger partial charge on any atom is -0.388 e. The summed E-state index contributed by atoms with van der Waals surface area (Å²) in [5, 5.41) is 15.8. The van der Waals surface area contributed by atoms with Gasteiger partial charge < -0.3 is 15.7 Å². The quantitative estimate of drug-likeness (QED) is 0.725. The summed E-state index contributed by atoms with van der Waals surface area (Å²) < 4.78 is 0. The normalized spacial score (nSPS) is 12.9. The van der Waals surface area contributed by atoms with Crippen LogP contribution in [0.15, 0.2) is 54.6 Å². The number of aliphatic hydroxyl groups excluding tert-OH is 1. The maximum Gasteiger partial charge on any atom is 0.224 e. The van der Waals surface area contributed by atoms with Crippen molar-refractivity contribution in [2.45, 2.75) is 38.8 Å². The third kappa shape index (κ3) is 6.39. The molecule has 5 heteroatoms. The topological polar surface area (TPSA) is 78.4 Å². The molecule has 0 radical (unpaired) electrons. The van der Waals surface area contributed by atoms with E-state index >= 15 is 0 Å². The fourth-order valence-corrected chi connectivity index (χ4v) is 2.63. The first-order valence-electron chi connectivity index (χ1n) is 8.33. The predicted octanol–water partition coefficient (Wildman–Crippen LogP) is 2.82. The number of carbonyl (C=O) groups is 2. The second-order valence-electron chi connectivity index (χ2n) is 6.19. The smallest absolute Gasteiger partial charge is 0.224 e. The van der Waals surface area contributed by atoms with E-state index in [0.29, 0.717) is 12.1 Å². The van der Waals surface area contributed by atoms with E-state index in [2.05, 4.69) is 10.6 Å². The Morgan fingerprint density at radius 3 is 2.28 bits per heavy atom. The number of anilines is 1. The zero-order chi connectivity index (χ0) is 18.2. The van der Waals surface area contributed by atoms with E-state index in [-0.39, 0.29) is 24.3 Å². The van der Waals surface area contributed by atoms with Gasteiger partial charge in [0.05, 0.1) is 12.5 Å². The summed E-state index contributed by atoms with van der Waals surface area (Å²) in [6.07, 6.45) is 0.108. The molecule has 0 spiro atoms. The van der Waals surface area contributed by atoms with Crippen molar-refractivity contribution in [3.63, 3.8) is 0 Å². The van der Waals surface area contributed by atoms with Crippen molar-refractivity contribution in [2.24, 2.45) is 0 Å². The highest BCUT2D eigenvalue weighted by Crippen LogP contribution is 2.17. The number of nitrogens with one attached hydrogen (secondary N) is 2. The number of carbonyl (C=O) groups excluding carboxylic acids is 2. The Balaban J connectivity index is 1.82. The van der Waals surface area contributed by atoms with Crippen molar-refractivity contribution in [2.75, 3.05) is 5.32 Å². The first-order chi connectivity index (χ1) is 11.9. The average molecular weight is 340 g/mol. The summed E-state index contributed by atoms with van der Waals surface area (Å²) in [5.41, 5.74) is 2.41.